The Morgan fingerprint density at radius 1 is 0.186 bits per heavy atom. The minimum absolute atomic E-state index is 0.0924. The molecule has 25 aromatic rings. The third-order valence-electron chi connectivity index (χ3n) is 30.6. The van der Waals surface area contributed by atoms with Gasteiger partial charge in [0.25, 0.3) is 0 Å². The topological polar surface area (TPSA) is 63.2 Å². The van der Waals surface area contributed by atoms with E-state index in [0.717, 1.165) is 96.2 Å². The number of anilines is 9. The van der Waals surface area contributed by atoms with Crippen LogP contribution >= 0.6 is 0 Å². The number of benzene rings is 19. The maximum absolute atomic E-state index is 4.59. The molecule has 0 fully saturated rings. The monoisotopic (exact) mass is 1860 g/mol. The number of fused-ring (bicyclic) bond motifs is 19. The molecule has 6 heterocycles. The van der Waals surface area contributed by atoms with E-state index < -0.39 is 0 Å². The summed E-state index contributed by atoms with van der Waals surface area (Å²) >= 11 is 0. The van der Waals surface area contributed by atoms with Crippen molar-refractivity contribution in [1.29, 1.82) is 0 Å². The fourth-order valence-corrected chi connectivity index (χ4v) is 23.6. The average Bonchev–Trinajstić information content (AvgIpc) is 1.58. The number of para-hydroxylation sites is 6. The van der Waals surface area contributed by atoms with Crippen LogP contribution in [-0.2, 0) is 16.2 Å². The van der Waals surface area contributed by atoms with Gasteiger partial charge in [-0.3, -0.25) is 15.0 Å². The summed E-state index contributed by atoms with van der Waals surface area (Å²) in [6.07, 6.45) is 9.33. The Hall–Kier alpha value is -18.3. The minimum atomic E-state index is -0.117. The van der Waals surface area contributed by atoms with E-state index in [4.69, 9.17) is 0 Å². The first-order valence-electron chi connectivity index (χ1n) is 50.1. The van der Waals surface area contributed by atoms with Gasteiger partial charge in [-0.15, -0.1) is 0 Å². The molecule has 0 atom stereocenters. The molecule has 3 aliphatic rings. The SMILES string of the molecule is CC1(C)c2ccccc2-c2ccc(N(c3ccc(-c4ccccn4)cc3)c3ccc4c(c3)c3ccccc3n4-c3ccccc3)cc21.CC1(C)c2ccccc2-c2ccc(N(c3ccc(-c4cccnc4)cc3)c3ccc4c(c3)c3ccccc3n4-c3ccccc3)cc21.CC1(C)c2ccccc2-c2ccc(N(c3ccc4c(c3)c3ccccc3n4-c3ccccc3)c3ccc(-c4ccncc4)c4ccccc34)cc21. The zero-order chi connectivity index (χ0) is 97.2. The van der Waals surface area contributed by atoms with Crippen LogP contribution in [0.4, 0.5) is 51.2 Å². The highest BCUT2D eigenvalue weighted by Crippen LogP contribution is 2.57. The summed E-state index contributed by atoms with van der Waals surface area (Å²) in [4.78, 5) is 20.5. The van der Waals surface area contributed by atoms with Crippen LogP contribution in [0.25, 0.3) is 160 Å². The van der Waals surface area contributed by atoms with Gasteiger partial charge in [-0.05, 0) is 301 Å². The smallest absolute Gasteiger partial charge is 0.0701 e. The van der Waals surface area contributed by atoms with Gasteiger partial charge in [-0.25, -0.2) is 0 Å². The van der Waals surface area contributed by atoms with Crippen LogP contribution in [-0.4, -0.2) is 28.7 Å². The van der Waals surface area contributed by atoms with Crippen molar-refractivity contribution in [2.24, 2.45) is 0 Å². The number of pyridine rings is 3. The summed E-state index contributed by atoms with van der Waals surface area (Å²) < 4.78 is 7.12. The molecule has 0 bridgehead atoms. The van der Waals surface area contributed by atoms with Gasteiger partial charge in [0.1, 0.15) is 0 Å². The van der Waals surface area contributed by atoms with Crippen molar-refractivity contribution in [2.45, 2.75) is 57.8 Å². The lowest BCUT2D eigenvalue weighted by molar-refractivity contribution is 0.660. The van der Waals surface area contributed by atoms with Crippen molar-refractivity contribution < 1.29 is 0 Å². The highest BCUT2D eigenvalue weighted by atomic mass is 15.2. The van der Waals surface area contributed by atoms with Gasteiger partial charge in [-0.1, -0.05) is 308 Å². The predicted molar refractivity (Wildman–Crippen MR) is 606 cm³/mol. The fraction of sp³-hybridized carbons (Fsp3) is 0.0662. The van der Waals surface area contributed by atoms with E-state index in [1.165, 1.54) is 149 Å². The van der Waals surface area contributed by atoms with Crippen molar-refractivity contribution in [2.75, 3.05) is 14.7 Å². The molecule has 0 amide bonds. The van der Waals surface area contributed by atoms with Gasteiger partial charge in [0.05, 0.1) is 44.5 Å². The van der Waals surface area contributed by atoms with Crippen molar-refractivity contribution in [3.8, 4) is 84.0 Å². The third-order valence-corrected chi connectivity index (χ3v) is 30.6. The number of aromatic nitrogens is 6. The van der Waals surface area contributed by atoms with Crippen LogP contribution in [0.15, 0.2) is 504 Å². The Kier molecular flexibility index (Phi) is 21.1. The second kappa shape index (κ2) is 35.2. The maximum atomic E-state index is 4.59. The number of nitrogens with zero attached hydrogens (tertiary/aromatic N) is 9. The lowest BCUT2D eigenvalue weighted by atomic mass is 9.82. The molecule has 6 aromatic heterocycles. The first-order chi connectivity index (χ1) is 71.2. The predicted octanol–water partition coefficient (Wildman–Crippen LogP) is 36.0. The van der Waals surface area contributed by atoms with Crippen molar-refractivity contribution in [1.82, 2.24) is 28.7 Å². The molecule has 0 aliphatic heterocycles. The molecule has 19 aromatic carbocycles. The van der Waals surface area contributed by atoms with Gasteiger partial charge in [0, 0.05) is 153 Å². The summed E-state index contributed by atoms with van der Waals surface area (Å²) in [6.45, 7) is 14.1. The van der Waals surface area contributed by atoms with Crippen LogP contribution in [0.2, 0.25) is 0 Å². The maximum Gasteiger partial charge on any atom is 0.0701 e. The van der Waals surface area contributed by atoms with Crippen LogP contribution in [0.5, 0.6) is 0 Å². The standard InChI is InChI=1S/C48H35N3.2C44H33N3/c1-48(2)43-18-10-8-15-38(43)39-22-20-35(31-44(39)48)50(46-25-23-36(32-26-28-49-29-27-32)37-14-6-7-16-40(37)46)34-21-24-47-42(30-34)41-17-9-11-19-45(41)51(47)33-12-4-3-5-13-33;1-44(2)39-16-8-6-14-35(39)36-25-23-34(29-40(36)44)46(32-21-19-30(20-22-32)41-17-10-11-27-45-41)33-24-26-43-38(28-33)37-15-7-9-18-42(37)47(43)31-12-4-3-5-13-31;1-44(2)40-16-8-6-14-36(40)37-24-22-35(28-41(37)44)46(33-20-18-30(19-21-33)31-11-10-26-45-29-31)34-23-25-43-39(27-34)38-15-7-9-17-42(38)47(43)32-12-4-3-5-13-32/h3-31H,1-2H3;2*3-29H,1-2H3. The van der Waals surface area contributed by atoms with E-state index in [0.29, 0.717) is 0 Å². The molecule has 0 unspecified atom stereocenters. The lowest BCUT2D eigenvalue weighted by Gasteiger charge is -2.29. The highest BCUT2D eigenvalue weighted by molar-refractivity contribution is 6.15. The Morgan fingerprint density at radius 2 is 0.517 bits per heavy atom. The quantitative estimate of drug-likeness (QED) is 0.102. The van der Waals surface area contributed by atoms with Crippen LogP contribution in [0.3, 0.4) is 0 Å². The van der Waals surface area contributed by atoms with Gasteiger partial charge < -0.3 is 28.4 Å². The minimum Gasteiger partial charge on any atom is -0.310 e. The van der Waals surface area contributed by atoms with E-state index in [1.807, 2.05) is 49.2 Å². The van der Waals surface area contributed by atoms with E-state index in [-0.39, 0.29) is 16.2 Å². The Bertz CT molecular complexity index is 8980. The molecular formula is C136H101N9. The summed E-state index contributed by atoms with van der Waals surface area (Å²) in [6, 6.07) is 172. The molecule has 3 aliphatic carbocycles. The summed E-state index contributed by atoms with van der Waals surface area (Å²) in [7, 11) is 0. The molecule has 9 nitrogen and oxygen atoms in total. The zero-order valence-corrected chi connectivity index (χ0v) is 81.4. The van der Waals surface area contributed by atoms with Gasteiger partial charge in [0.2, 0.25) is 0 Å². The van der Waals surface area contributed by atoms with E-state index >= 15 is 0 Å². The molecule has 28 rings (SSSR count). The molecule has 145 heavy (non-hydrogen) atoms. The first kappa shape index (κ1) is 87.0. The second-order valence-corrected chi connectivity index (χ2v) is 39.8. The average molecular weight is 1860 g/mol. The van der Waals surface area contributed by atoms with Crippen LogP contribution in [0, 0.1) is 0 Å². The van der Waals surface area contributed by atoms with Gasteiger partial charge >= 0.3 is 0 Å². The third kappa shape index (κ3) is 14.7. The molecule has 0 radical (unpaired) electrons. The number of hydrogen-bond acceptors (Lipinski definition) is 6. The summed E-state index contributed by atoms with van der Waals surface area (Å²) in [5, 5.41) is 9.81. The molecule has 0 N–H and O–H groups in total. The van der Waals surface area contributed by atoms with Crippen molar-refractivity contribution >= 4 is 127 Å². The van der Waals surface area contributed by atoms with E-state index in [9.17, 15) is 0 Å². The normalized spacial score (nSPS) is 13.1. The Morgan fingerprint density at radius 3 is 0.931 bits per heavy atom. The van der Waals surface area contributed by atoms with Crippen molar-refractivity contribution in [3.05, 3.63) is 538 Å². The van der Waals surface area contributed by atoms with Crippen molar-refractivity contribution in [3.63, 3.8) is 0 Å². The number of hydrogen-bond donors (Lipinski definition) is 0. The molecule has 9 heteroatoms. The van der Waals surface area contributed by atoms with Gasteiger partial charge in [0.15, 0.2) is 0 Å². The van der Waals surface area contributed by atoms with Crippen LogP contribution in [0.1, 0.15) is 74.9 Å². The van der Waals surface area contributed by atoms with E-state index in [2.05, 4.69) is 540 Å². The summed E-state index contributed by atoms with van der Waals surface area (Å²) in [5.41, 5.74) is 43.3. The first-order valence-corrected chi connectivity index (χ1v) is 50.1. The molecular weight excluding hydrogens is 1760 g/mol. The fourth-order valence-electron chi connectivity index (χ4n) is 23.6. The highest BCUT2D eigenvalue weighted by Gasteiger charge is 2.40. The summed E-state index contributed by atoms with van der Waals surface area (Å²) in [5.74, 6) is 0. The van der Waals surface area contributed by atoms with E-state index in [1.54, 1.807) is 0 Å². The Labute approximate surface area is 844 Å². The zero-order valence-electron chi connectivity index (χ0n) is 81.4. The largest absolute Gasteiger partial charge is 0.310 e. The molecule has 690 valence electrons. The lowest BCUT2D eigenvalue weighted by Crippen LogP contribution is -2.16. The second-order valence-electron chi connectivity index (χ2n) is 39.8. The Balaban J connectivity index is 0.000000111. The molecule has 0 spiro atoms. The molecule has 0 saturated heterocycles. The molecule has 0 saturated carbocycles. The van der Waals surface area contributed by atoms with Gasteiger partial charge in [-0.2, -0.15) is 0 Å². The number of rotatable bonds is 15. The van der Waals surface area contributed by atoms with Crippen LogP contribution < -0.4 is 14.7 Å².